The second kappa shape index (κ2) is 5.63. The van der Waals surface area contributed by atoms with Crippen LogP contribution in [0, 0.1) is 13.8 Å². The van der Waals surface area contributed by atoms with Crippen LogP contribution in [0.15, 0.2) is 28.9 Å². The van der Waals surface area contributed by atoms with E-state index in [0.717, 1.165) is 19.9 Å². The molecular weight excluding hydrogens is 312 g/mol. The summed E-state index contributed by atoms with van der Waals surface area (Å²) in [5.41, 5.74) is 1.72. The highest BCUT2D eigenvalue weighted by Crippen LogP contribution is 2.21. The van der Waals surface area contributed by atoms with E-state index in [2.05, 4.69) is 26.2 Å². The third kappa shape index (κ3) is 2.97. The number of halogens is 1. The van der Waals surface area contributed by atoms with Gasteiger partial charge in [-0.25, -0.2) is 4.98 Å². The zero-order valence-electron chi connectivity index (χ0n) is 10.2. The summed E-state index contributed by atoms with van der Waals surface area (Å²) < 4.78 is 0.850. The van der Waals surface area contributed by atoms with Gasteiger partial charge in [-0.05, 0) is 41.4 Å². The molecule has 0 unspecified atom stereocenters. The Kier molecular flexibility index (Phi) is 4.14. The smallest absolute Gasteiger partial charge is 0.252 e. The second-order valence-electron chi connectivity index (χ2n) is 3.96. The van der Waals surface area contributed by atoms with E-state index in [0.29, 0.717) is 12.1 Å². The van der Waals surface area contributed by atoms with Gasteiger partial charge in [0, 0.05) is 15.5 Å². The van der Waals surface area contributed by atoms with Crippen molar-refractivity contribution in [1.29, 1.82) is 0 Å². The van der Waals surface area contributed by atoms with Gasteiger partial charge in [0.15, 0.2) is 0 Å². The van der Waals surface area contributed by atoms with Gasteiger partial charge < -0.3 is 5.32 Å². The van der Waals surface area contributed by atoms with Crippen molar-refractivity contribution in [3.05, 3.63) is 49.9 Å². The van der Waals surface area contributed by atoms with Crippen LogP contribution >= 0.6 is 27.3 Å². The van der Waals surface area contributed by atoms with Gasteiger partial charge in [0.05, 0.1) is 17.1 Å². The van der Waals surface area contributed by atoms with Gasteiger partial charge in [0.1, 0.15) is 0 Å². The van der Waals surface area contributed by atoms with Crippen LogP contribution in [0.3, 0.4) is 0 Å². The van der Waals surface area contributed by atoms with Crippen molar-refractivity contribution in [2.45, 2.75) is 20.4 Å². The number of nitrogens with one attached hydrogen (secondary N) is 1. The number of hydrogen-bond acceptors (Lipinski definition) is 3. The quantitative estimate of drug-likeness (QED) is 0.939. The first kappa shape index (κ1) is 13.2. The number of carbonyl (C=O) groups excluding carboxylic acids is 1. The molecule has 0 radical (unpaired) electrons. The Balaban J connectivity index is 2.06. The molecule has 1 aromatic carbocycles. The normalized spacial score (nSPS) is 10.4. The Bertz CT molecular complexity index is 580. The summed E-state index contributed by atoms with van der Waals surface area (Å²) >= 11 is 5.04. The summed E-state index contributed by atoms with van der Waals surface area (Å²) in [5.74, 6) is -0.0726. The molecule has 2 rings (SSSR count). The largest absolute Gasteiger partial charge is 0.347 e. The van der Waals surface area contributed by atoms with Gasteiger partial charge in [-0.2, -0.15) is 0 Å². The standard InChI is InChI=1S/C13H13BrN2OS/c1-8-4-3-5-11(12(8)14)13(17)16-7-10-6-15-9(2)18-10/h3-6H,7H2,1-2H3,(H,16,17). The average Bonchev–Trinajstić information content (AvgIpc) is 2.76. The highest BCUT2D eigenvalue weighted by Gasteiger charge is 2.11. The molecule has 0 fully saturated rings. The Labute approximate surface area is 118 Å². The van der Waals surface area contributed by atoms with Crippen LogP contribution < -0.4 is 5.32 Å². The van der Waals surface area contributed by atoms with Gasteiger partial charge in [-0.15, -0.1) is 11.3 Å². The van der Waals surface area contributed by atoms with Crippen molar-refractivity contribution in [3.63, 3.8) is 0 Å². The molecule has 1 heterocycles. The number of carbonyl (C=O) groups is 1. The molecule has 0 spiro atoms. The van der Waals surface area contributed by atoms with E-state index in [-0.39, 0.29) is 5.91 Å². The molecule has 0 aliphatic heterocycles. The lowest BCUT2D eigenvalue weighted by molar-refractivity contribution is 0.0950. The summed E-state index contributed by atoms with van der Waals surface area (Å²) in [7, 11) is 0. The number of hydrogen-bond donors (Lipinski definition) is 1. The molecule has 0 aliphatic rings. The molecule has 1 amide bonds. The van der Waals surface area contributed by atoms with Gasteiger partial charge in [-0.1, -0.05) is 12.1 Å². The van der Waals surface area contributed by atoms with Crippen LogP contribution in [0.25, 0.3) is 0 Å². The van der Waals surface area contributed by atoms with Crippen LogP contribution in [-0.2, 0) is 6.54 Å². The highest BCUT2D eigenvalue weighted by molar-refractivity contribution is 9.10. The first-order valence-electron chi connectivity index (χ1n) is 5.52. The Morgan fingerprint density at radius 2 is 2.22 bits per heavy atom. The summed E-state index contributed by atoms with van der Waals surface area (Å²) in [5, 5.41) is 3.91. The molecule has 5 heteroatoms. The molecule has 3 nitrogen and oxygen atoms in total. The SMILES string of the molecule is Cc1ncc(CNC(=O)c2cccc(C)c2Br)s1. The molecule has 94 valence electrons. The van der Waals surface area contributed by atoms with Gasteiger partial charge in [-0.3, -0.25) is 4.79 Å². The van der Waals surface area contributed by atoms with Crippen molar-refractivity contribution in [1.82, 2.24) is 10.3 Å². The van der Waals surface area contributed by atoms with E-state index in [1.165, 1.54) is 0 Å². The Morgan fingerprint density at radius 3 is 2.89 bits per heavy atom. The highest BCUT2D eigenvalue weighted by atomic mass is 79.9. The molecule has 0 atom stereocenters. The van der Waals surface area contributed by atoms with Crippen molar-refractivity contribution < 1.29 is 4.79 Å². The topological polar surface area (TPSA) is 42.0 Å². The van der Waals surface area contributed by atoms with Crippen molar-refractivity contribution in [2.75, 3.05) is 0 Å². The summed E-state index contributed by atoms with van der Waals surface area (Å²) in [6.07, 6.45) is 1.80. The maximum Gasteiger partial charge on any atom is 0.252 e. The fraction of sp³-hybridized carbons (Fsp3) is 0.231. The lowest BCUT2D eigenvalue weighted by atomic mass is 10.1. The Hall–Kier alpha value is -1.20. The predicted molar refractivity (Wildman–Crippen MR) is 76.9 cm³/mol. The number of rotatable bonds is 3. The van der Waals surface area contributed by atoms with Crippen LogP contribution in [0.2, 0.25) is 0 Å². The zero-order valence-corrected chi connectivity index (χ0v) is 12.6. The molecule has 1 N–H and O–H groups in total. The van der Waals surface area contributed by atoms with Crippen LogP contribution in [0.5, 0.6) is 0 Å². The molecular formula is C13H13BrN2OS. The Morgan fingerprint density at radius 1 is 1.44 bits per heavy atom. The van der Waals surface area contributed by atoms with E-state index in [1.54, 1.807) is 17.5 Å². The molecule has 1 aromatic heterocycles. The lowest BCUT2D eigenvalue weighted by Gasteiger charge is -2.07. The second-order valence-corrected chi connectivity index (χ2v) is 6.08. The minimum Gasteiger partial charge on any atom is -0.347 e. The monoisotopic (exact) mass is 324 g/mol. The van der Waals surface area contributed by atoms with Crippen LogP contribution in [0.1, 0.15) is 25.8 Å². The van der Waals surface area contributed by atoms with E-state index >= 15 is 0 Å². The molecule has 0 bridgehead atoms. The van der Waals surface area contributed by atoms with Crippen LogP contribution in [-0.4, -0.2) is 10.9 Å². The zero-order chi connectivity index (χ0) is 13.1. The molecule has 0 saturated carbocycles. The number of amides is 1. The third-order valence-electron chi connectivity index (χ3n) is 2.53. The number of aryl methyl sites for hydroxylation is 2. The van der Waals surface area contributed by atoms with Crippen molar-refractivity contribution in [3.8, 4) is 0 Å². The minimum atomic E-state index is -0.0726. The first-order valence-corrected chi connectivity index (χ1v) is 7.13. The van der Waals surface area contributed by atoms with Crippen LogP contribution in [0.4, 0.5) is 0 Å². The van der Waals surface area contributed by atoms with E-state index in [1.807, 2.05) is 32.0 Å². The van der Waals surface area contributed by atoms with Crippen molar-refractivity contribution >= 4 is 33.2 Å². The fourth-order valence-corrected chi connectivity index (χ4v) is 2.75. The molecule has 0 saturated heterocycles. The lowest BCUT2D eigenvalue weighted by Crippen LogP contribution is -2.22. The van der Waals surface area contributed by atoms with Crippen molar-refractivity contribution in [2.24, 2.45) is 0 Å². The number of nitrogens with zero attached hydrogens (tertiary/aromatic N) is 1. The molecule has 2 aromatic rings. The van der Waals surface area contributed by atoms with E-state index in [4.69, 9.17) is 0 Å². The maximum absolute atomic E-state index is 12.0. The third-order valence-corrected chi connectivity index (χ3v) is 4.49. The molecule has 18 heavy (non-hydrogen) atoms. The summed E-state index contributed by atoms with van der Waals surface area (Å²) in [4.78, 5) is 17.3. The number of benzene rings is 1. The first-order chi connectivity index (χ1) is 8.58. The van der Waals surface area contributed by atoms with Gasteiger partial charge in [0.2, 0.25) is 0 Å². The summed E-state index contributed by atoms with van der Waals surface area (Å²) in [6, 6.07) is 5.66. The molecule has 0 aliphatic carbocycles. The van der Waals surface area contributed by atoms with E-state index < -0.39 is 0 Å². The minimum absolute atomic E-state index is 0.0726. The maximum atomic E-state index is 12.0. The van der Waals surface area contributed by atoms with Gasteiger partial charge in [0.25, 0.3) is 5.91 Å². The predicted octanol–water partition coefficient (Wildman–Crippen LogP) is 3.45. The average molecular weight is 325 g/mol. The summed E-state index contributed by atoms with van der Waals surface area (Å²) in [6.45, 7) is 4.44. The fourth-order valence-electron chi connectivity index (χ4n) is 1.57. The number of thiazole rings is 1. The number of aromatic nitrogens is 1. The van der Waals surface area contributed by atoms with Gasteiger partial charge >= 0.3 is 0 Å². The van der Waals surface area contributed by atoms with E-state index in [9.17, 15) is 4.79 Å².